The molecule has 266 valence electrons. The van der Waals surface area contributed by atoms with E-state index in [1.54, 1.807) is 18.9 Å². The Bertz CT molecular complexity index is 2130. The SMILES string of the molecule is COC[C@@H]1CN[C@H](c2ncc(-c3ccc4c(c3)COc3cc5c(ccc6[nH]c([C@@H]7CC[C@H](C)N7C(=O)C(NC(=O)O)C(C)OC)nc65)cc3-4)[nH]2)C1. The van der Waals surface area contributed by atoms with Crippen LogP contribution in [-0.4, -0.2) is 87.5 Å². The molecule has 8 rings (SSSR count). The number of benzene rings is 3. The quantitative estimate of drug-likeness (QED) is 0.130. The van der Waals surface area contributed by atoms with E-state index in [0.717, 1.165) is 87.3 Å². The molecule has 2 saturated heterocycles. The molecule has 13 heteroatoms. The van der Waals surface area contributed by atoms with Crippen molar-refractivity contribution in [1.82, 2.24) is 35.5 Å². The zero-order valence-corrected chi connectivity index (χ0v) is 29.2. The maximum Gasteiger partial charge on any atom is 0.405 e. The fourth-order valence-corrected chi connectivity index (χ4v) is 8.10. The number of imidazole rings is 2. The Morgan fingerprint density at radius 3 is 2.76 bits per heavy atom. The summed E-state index contributed by atoms with van der Waals surface area (Å²) in [6, 6.07) is 13.5. The van der Waals surface area contributed by atoms with Gasteiger partial charge < -0.3 is 44.8 Å². The van der Waals surface area contributed by atoms with Crippen LogP contribution in [0.5, 0.6) is 5.75 Å². The number of nitrogens with one attached hydrogen (secondary N) is 4. The van der Waals surface area contributed by atoms with Crippen LogP contribution in [0.25, 0.3) is 44.2 Å². The number of nitrogens with zero attached hydrogens (tertiary/aromatic N) is 3. The monoisotopic (exact) mass is 693 g/mol. The Morgan fingerprint density at radius 2 is 1.96 bits per heavy atom. The molecule has 0 bridgehead atoms. The zero-order valence-electron chi connectivity index (χ0n) is 29.2. The minimum absolute atomic E-state index is 0.0934. The van der Waals surface area contributed by atoms with E-state index < -0.39 is 18.2 Å². The molecule has 2 unspecified atom stereocenters. The van der Waals surface area contributed by atoms with Crippen molar-refractivity contribution >= 4 is 33.8 Å². The summed E-state index contributed by atoms with van der Waals surface area (Å²) in [7, 11) is 3.21. The second kappa shape index (κ2) is 13.3. The van der Waals surface area contributed by atoms with E-state index >= 15 is 0 Å². The predicted molar refractivity (Wildman–Crippen MR) is 191 cm³/mol. The third-order valence-corrected chi connectivity index (χ3v) is 10.9. The number of methoxy groups -OCH3 is 2. The lowest BCUT2D eigenvalue weighted by Gasteiger charge is -2.33. The molecule has 51 heavy (non-hydrogen) atoms. The highest BCUT2D eigenvalue weighted by Crippen LogP contribution is 2.43. The molecule has 0 radical (unpaired) electrons. The van der Waals surface area contributed by atoms with Crippen LogP contribution in [0.15, 0.2) is 48.7 Å². The van der Waals surface area contributed by atoms with Crippen LogP contribution < -0.4 is 15.4 Å². The molecular formula is C38H43N7O6. The van der Waals surface area contributed by atoms with Crippen molar-refractivity contribution in [2.24, 2.45) is 5.92 Å². The maximum atomic E-state index is 13.8. The van der Waals surface area contributed by atoms with Crippen molar-refractivity contribution in [3.8, 4) is 28.1 Å². The molecule has 0 saturated carbocycles. The summed E-state index contributed by atoms with van der Waals surface area (Å²) >= 11 is 0. The first-order valence-electron chi connectivity index (χ1n) is 17.6. The van der Waals surface area contributed by atoms with Crippen LogP contribution in [0, 0.1) is 5.92 Å². The highest BCUT2D eigenvalue weighted by molar-refractivity contribution is 6.07. The van der Waals surface area contributed by atoms with Crippen LogP contribution in [-0.2, 0) is 20.9 Å². The molecule has 0 aliphatic carbocycles. The van der Waals surface area contributed by atoms with Gasteiger partial charge in [-0.3, -0.25) is 4.79 Å². The number of carbonyl (C=O) groups excluding carboxylic acids is 1. The summed E-state index contributed by atoms with van der Waals surface area (Å²) in [4.78, 5) is 43.9. The standard InChI is InChI=1S/C38H43N7O6/c1-19-5-10-31(45(19)37(46)33(20(2)50-4)44-38(47)48)36-41-28-9-7-22-13-27-25-8-6-23(12-24(25)18-51-32(27)14-26(22)34(28)43-36)30-16-40-35(42-30)29-11-21(15-39-29)17-49-3/h6-9,12-14,16,19-21,29,31,33,39,44H,5,10-11,15,17-18H2,1-4H3,(H,40,42)(H,41,43)(H,47,48)/t19-,20?,21-,29-,31-,33?/m0/s1. The number of hydrogen-bond acceptors (Lipinski definition) is 8. The lowest BCUT2D eigenvalue weighted by atomic mass is 9.92. The van der Waals surface area contributed by atoms with E-state index in [2.05, 4.69) is 57.0 Å². The van der Waals surface area contributed by atoms with Gasteiger partial charge in [-0.05, 0) is 85.4 Å². The first-order chi connectivity index (χ1) is 24.7. The van der Waals surface area contributed by atoms with Crippen molar-refractivity contribution in [2.75, 3.05) is 27.4 Å². The average Bonchev–Trinajstić information content (AvgIpc) is 3.95. The van der Waals surface area contributed by atoms with Crippen molar-refractivity contribution in [3.63, 3.8) is 0 Å². The number of carbonyl (C=O) groups is 2. The number of H-pyrrole nitrogens is 2. The van der Waals surface area contributed by atoms with Gasteiger partial charge in [-0.2, -0.15) is 0 Å². The fourth-order valence-electron chi connectivity index (χ4n) is 8.10. The van der Waals surface area contributed by atoms with Crippen molar-refractivity contribution in [1.29, 1.82) is 0 Å². The van der Waals surface area contributed by atoms with Crippen LogP contribution >= 0.6 is 0 Å². The number of carboxylic acid groups (broad SMARTS) is 1. The first-order valence-corrected chi connectivity index (χ1v) is 17.6. The van der Waals surface area contributed by atoms with E-state index in [1.165, 1.54) is 7.11 Å². The van der Waals surface area contributed by atoms with Crippen molar-refractivity contribution in [3.05, 3.63) is 65.9 Å². The fraction of sp³-hybridized carbons (Fsp3) is 0.421. The summed E-state index contributed by atoms with van der Waals surface area (Å²) in [5, 5.41) is 17.3. The number of ether oxygens (including phenoxy) is 3. The molecule has 0 spiro atoms. The minimum Gasteiger partial charge on any atom is -0.488 e. The summed E-state index contributed by atoms with van der Waals surface area (Å²) in [5.41, 5.74) is 6.97. The lowest BCUT2D eigenvalue weighted by Crippen LogP contribution is -2.55. The molecule has 6 atom stereocenters. The highest BCUT2D eigenvalue weighted by Gasteiger charge is 2.42. The van der Waals surface area contributed by atoms with Gasteiger partial charge in [-0.1, -0.05) is 18.2 Å². The van der Waals surface area contributed by atoms with E-state index in [-0.39, 0.29) is 24.0 Å². The number of aromatic amines is 2. The molecule has 13 nitrogen and oxygen atoms in total. The Morgan fingerprint density at radius 1 is 1.10 bits per heavy atom. The van der Waals surface area contributed by atoms with Crippen LogP contribution in [0.2, 0.25) is 0 Å². The van der Waals surface area contributed by atoms with E-state index in [9.17, 15) is 14.7 Å². The second-order valence-corrected chi connectivity index (χ2v) is 14.1. The highest BCUT2D eigenvalue weighted by atomic mass is 16.5. The zero-order chi connectivity index (χ0) is 35.4. The van der Waals surface area contributed by atoms with Gasteiger partial charge in [-0.25, -0.2) is 14.8 Å². The number of hydrogen-bond donors (Lipinski definition) is 5. The molecule has 5 heterocycles. The molecule has 5 aromatic rings. The molecule has 2 aromatic heterocycles. The van der Waals surface area contributed by atoms with E-state index in [4.69, 9.17) is 24.2 Å². The molecule has 2 amide bonds. The van der Waals surface area contributed by atoms with Gasteiger partial charge in [0.05, 0.1) is 47.7 Å². The molecule has 3 aliphatic rings. The maximum absolute atomic E-state index is 13.8. The van der Waals surface area contributed by atoms with Crippen LogP contribution in [0.1, 0.15) is 62.4 Å². The third kappa shape index (κ3) is 5.98. The van der Waals surface area contributed by atoms with Crippen LogP contribution in [0.3, 0.4) is 0 Å². The second-order valence-electron chi connectivity index (χ2n) is 14.1. The average molecular weight is 694 g/mol. The Balaban J connectivity index is 1.07. The Labute approximate surface area is 295 Å². The third-order valence-electron chi connectivity index (χ3n) is 10.9. The minimum atomic E-state index is -1.27. The normalized spacial score (nSPS) is 22.5. The van der Waals surface area contributed by atoms with Gasteiger partial charge in [0.1, 0.15) is 30.0 Å². The Kier molecular flexibility index (Phi) is 8.65. The summed E-state index contributed by atoms with van der Waals surface area (Å²) in [6.07, 6.45) is 2.46. The van der Waals surface area contributed by atoms with Crippen molar-refractivity contribution < 1.29 is 28.9 Å². The smallest absolute Gasteiger partial charge is 0.405 e. The van der Waals surface area contributed by atoms with Gasteiger partial charge in [0.2, 0.25) is 5.91 Å². The van der Waals surface area contributed by atoms with Gasteiger partial charge in [0, 0.05) is 37.8 Å². The van der Waals surface area contributed by atoms with Crippen LogP contribution in [0.4, 0.5) is 4.79 Å². The number of aromatic nitrogens is 4. The summed E-state index contributed by atoms with van der Waals surface area (Å²) in [6.45, 7) is 5.78. The van der Waals surface area contributed by atoms with Crippen molar-refractivity contribution in [2.45, 2.75) is 70.0 Å². The van der Waals surface area contributed by atoms with Gasteiger partial charge in [0.25, 0.3) is 0 Å². The molecule has 3 aromatic carbocycles. The van der Waals surface area contributed by atoms with Gasteiger partial charge in [-0.15, -0.1) is 0 Å². The first kappa shape index (κ1) is 33.2. The molecule has 5 N–H and O–H groups in total. The molecule has 3 aliphatic heterocycles. The van der Waals surface area contributed by atoms with Gasteiger partial charge >= 0.3 is 6.09 Å². The van der Waals surface area contributed by atoms with E-state index in [1.807, 2.05) is 19.2 Å². The summed E-state index contributed by atoms with van der Waals surface area (Å²) in [5.74, 6) is 2.58. The lowest BCUT2D eigenvalue weighted by molar-refractivity contribution is -0.139. The predicted octanol–water partition coefficient (Wildman–Crippen LogP) is 5.69. The molecular weight excluding hydrogens is 650 g/mol. The molecule has 2 fully saturated rings. The van der Waals surface area contributed by atoms with Gasteiger partial charge in [0.15, 0.2) is 0 Å². The number of amides is 2. The Hall–Kier alpha value is -4.98. The van der Waals surface area contributed by atoms with E-state index in [0.29, 0.717) is 24.8 Å². The number of likely N-dealkylation sites (tertiary alicyclic amines) is 1. The largest absolute Gasteiger partial charge is 0.488 e. The topological polar surface area (TPSA) is 167 Å². The number of fused-ring (bicyclic) bond motifs is 6. The summed E-state index contributed by atoms with van der Waals surface area (Å²) < 4.78 is 17.1. The number of rotatable bonds is 9.